The zero-order chi connectivity index (χ0) is 21.6. The molecule has 154 valence electrons. The van der Waals surface area contributed by atoms with Crippen molar-refractivity contribution >= 4 is 33.3 Å². The van der Waals surface area contributed by atoms with Crippen LogP contribution in [0.3, 0.4) is 0 Å². The average molecular weight is 422 g/mol. The Bertz CT molecular complexity index is 1040. The van der Waals surface area contributed by atoms with E-state index in [1.807, 2.05) is 0 Å². The number of nitrogens with zero attached hydrogens (tertiary/aromatic N) is 2. The molecule has 2 aromatic rings. The zero-order valence-electron chi connectivity index (χ0n) is 15.6. The lowest BCUT2D eigenvalue weighted by Crippen LogP contribution is -2.38. The highest BCUT2D eigenvalue weighted by Gasteiger charge is 2.35. The fraction of sp³-hybridized carbons (Fsp3) is 0.222. The highest BCUT2D eigenvalue weighted by Crippen LogP contribution is 2.31. The molecule has 0 spiro atoms. The minimum absolute atomic E-state index is 0.00312. The first-order valence-corrected chi connectivity index (χ1v) is 9.77. The molecular formula is C18H18N2O8S. The number of methoxy groups -OCH3 is 1. The van der Waals surface area contributed by atoms with Crippen molar-refractivity contribution in [2.75, 3.05) is 24.6 Å². The maximum Gasteiger partial charge on any atom is 0.340 e. The quantitative estimate of drug-likeness (QED) is 0.359. The molecule has 0 fully saturated rings. The van der Waals surface area contributed by atoms with Gasteiger partial charge in [0.05, 0.1) is 29.9 Å². The molecule has 2 rings (SSSR count). The van der Waals surface area contributed by atoms with Gasteiger partial charge in [0, 0.05) is 6.07 Å². The topological polar surface area (TPSA) is 133 Å². The van der Waals surface area contributed by atoms with Crippen LogP contribution in [0, 0.1) is 10.1 Å². The maximum atomic E-state index is 13.3. The number of sulfonamides is 1. The summed E-state index contributed by atoms with van der Waals surface area (Å²) < 4.78 is 36.8. The Morgan fingerprint density at radius 2 is 1.72 bits per heavy atom. The molecule has 0 bridgehead atoms. The number of hydrogen-bond donors (Lipinski definition) is 0. The number of nitro benzene ring substituents is 1. The van der Waals surface area contributed by atoms with Gasteiger partial charge in [-0.15, -0.1) is 0 Å². The molecule has 0 aromatic heterocycles. The maximum absolute atomic E-state index is 13.3. The van der Waals surface area contributed by atoms with Gasteiger partial charge in [-0.05, 0) is 25.1 Å². The summed E-state index contributed by atoms with van der Waals surface area (Å²) in [5.74, 6) is -1.73. The molecule has 0 heterocycles. The molecule has 0 aliphatic heterocycles. The van der Waals surface area contributed by atoms with Crippen molar-refractivity contribution in [3.05, 3.63) is 64.2 Å². The van der Waals surface area contributed by atoms with Crippen LogP contribution in [0.4, 0.5) is 11.4 Å². The minimum atomic E-state index is -4.62. The molecule has 0 unspecified atom stereocenters. The fourth-order valence-electron chi connectivity index (χ4n) is 2.54. The van der Waals surface area contributed by atoms with E-state index in [0.29, 0.717) is 4.31 Å². The molecule has 0 amide bonds. The van der Waals surface area contributed by atoms with Gasteiger partial charge < -0.3 is 9.47 Å². The molecule has 0 saturated heterocycles. The van der Waals surface area contributed by atoms with E-state index >= 15 is 0 Å². The van der Waals surface area contributed by atoms with Crippen molar-refractivity contribution < 1.29 is 32.4 Å². The van der Waals surface area contributed by atoms with Gasteiger partial charge in [0.25, 0.3) is 15.7 Å². The zero-order valence-corrected chi connectivity index (χ0v) is 16.4. The Labute approximate surface area is 166 Å². The first kappa shape index (κ1) is 21.8. The standard InChI is InChI=1S/C18H18N2O8S/c1-3-28-17(21)12-19(14-9-5-4-8-13(14)18(22)27-2)29(25,26)16-11-7-6-10-15(16)20(23)24/h4-11H,3,12H2,1-2H3. The van der Waals surface area contributed by atoms with Crippen LogP contribution in [0.1, 0.15) is 17.3 Å². The first-order valence-electron chi connectivity index (χ1n) is 8.33. The van der Waals surface area contributed by atoms with E-state index in [4.69, 9.17) is 4.74 Å². The van der Waals surface area contributed by atoms with E-state index in [1.165, 1.54) is 36.4 Å². The summed E-state index contributed by atoms with van der Waals surface area (Å²) in [5.41, 5.74) is -0.982. The largest absolute Gasteiger partial charge is 0.465 e. The van der Waals surface area contributed by atoms with Crippen LogP contribution in [-0.2, 0) is 24.3 Å². The fourth-order valence-corrected chi connectivity index (χ4v) is 4.13. The van der Waals surface area contributed by atoms with E-state index < -0.39 is 44.0 Å². The highest BCUT2D eigenvalue weighted by atomic mass is 32.2. The Balaban J connectivity index is 2.72. The van der Waals surface area contributed by atoms with Gasteiger partial charge in [-0.3, -0.25) is 19.2 Å². The lowest BCUT2D eigenvalue weighted by molar-refractivity contribution is -0.387. The van der Waals surface area contributed by atoms with Gasteiger partial charge in [-0.2, -0.15) is 0 Å². The molecule has 0 aliphatic carbocycles. The van der Waals surface area contributed by atoms with Crippen molar-refractivity contribution in [3.8, 4) is 0 Å². The second-order valence-electron chi connectivity index (χ2n) is 5.55. The average Bonchev–Trinajstić information content (AvgIpc) is 2.71. The molecule has 2 aromatic carbocycles. The highest BCUT2D eigenvalue weighted by molar-refractivity contribution is 7.93. The molecule has 0 atom stereocenters. The number of ether oxygens (including phenoxy) is 2. The van der Waals surface area contributed by atoms with E-state index in [2.05, 4.69) is 4.74 Å². The number of anilines is 1. The van der Waals surface area contributed by atoms with Crippen LogP contribution in [-0.4, -0.2) is 45.5 Å². The molecule has 0 radical (unpaired) electrons. The normalized spacial score (nSPS) is 10.8. The lowest BCUT2D eigenvalue weighted by Gasteiger charge is -2.25. The summed E-state index contributed by atoms with van der Waals surface area (Å²) in [4.78, 5) is 34.1. The number of esters is 2. The van der Waals surface area contributed by atoms with Crippen molar-refractivity contribution in [3.63, 3.8) is 0 Å². The number of hydrogen-bond acceptors (Lipinski definition) is 8. The number of carbonyl (C=O) groups excluding carboxylic acids is 2. The molecule has 0 N–H and O–H groups in total. The smallest absolute Gasteiger partial charge is 0.340 e. The van der Waals surface area contributed by atoms with Gasteiger partial charge in [0.15, 0.2) is 4.90 Å². The van der Waals surface area contributed by atoms with Gasteiger partial charge in [-0.1, -0.05) is 24.3 Å². The Morgan fingerprint density at radius 1 is 1.10 bits per heavy atom. The van der Waals surface area contributed by atoms with E-state index in [-0.39, 0.29) is 17.9 Å². The summed E-state index contributed by atoms with van der Waals surface area (Å²) >= 11 is 0. The number of para-hydroxylation sites is 2. The van der Waals surface area contributed by atoms with Crippen LogP contribution in [0.15, 0.2) is 53.4 Å². The second-order valence-corrected chi connectivity index (χ2v) is 7.38. The van der Waals surface area contributed by atoms with E-state index in [9.17, 15) is 28.1 Å². The summed E-state index contributed by atoms with van der Waals surface area (Å²) in [6.07, 6.45) is 0. The number of rotatable bonds is 8. The molecule has 29 heavy (non-hydrogen) atoms. The summed E-state index contributed by atoms with van der Waals surface area (Å²) in [7, 11) is -3.51. The molecule has 10 nitrogen and oxygen atoms in total. The van der Waals surface area contributed by atoms with E-state index in [0.717, 1.165) is 19.2 Å². The number of nitro groups is 1. The van der Waals surface area contributed by atoms with Crippen molar-refractivity contribution in [2.45, 2.75) is 11.8 Å². The van der Waals surface area contributed by atoms with Gasteiger partial charge in [-0.25, -0.2) is 13.2 Å². The Kier molecular flexibility index (Phi) is 6.89. The van der Waals surface area contributed by atoms with Crippen LogP contribution < -0.4 is 4.31 Å². The van der Waals surface area contributed by atoms with Crippen LogP contribution in [0.2, 0.25) is 0 Å². The summed E-state index contributed by atoms with van der Waals surface area (Å²) in [6, 6.07) is 10.2. The predicted octanol–water partition coefficient (Wildman–Crippen LogP) is 2.14. The monoisotopic (exact) mass is 422 g/mol. The number of benzene rings is 2. The van der Waals surface area contributed by atoms with Crippen LogP contribution in [0.25, 0.3) is 0 Å². The molecule has 11 heteroatoms. The molecular weight excluding hydrogens is 404 g/mol. The van der Waals surface area contributed by atoms with Crippen molar-refractivity contribution in [1.29, 1.82) is 0 Å². The van der Waals surface area contributed by atoms with Gasteiger partial charge in [0.2, 0.25) is 0 Å². The van der Waals surface area contributed by atoms with Crippen molar-refractivity contribution in [2.24, 2.45) is 0 Å². The van der Waals surface area contributed by atoms with Gasteiger partial charge in [0.1, 0.15) is 6.54 Å². The summed E-state index contributed by atoms with van der Waals surface area (Å²) in [6.45, 7) is 0.744. The SMILES string of the molecule is CCOC(=O)CN(c1ccccc1C(=O)OC)S(=O)(=O)c1ccccc1[N+](=O)[O-]. The molecule has 0 aliphatic rings. The molecule has 0 saturated carbocycles. The number of carbonyl (C=O) groups is 2. The lowest BCUT2D eigenvalue weighted by atomic mass is 10.2. The second kappa shape index (κ2) is 9.15. The Hall–Kier alpha value is -3.47. The third kappa shape index (κ3) is 4.69. The third-order valence-corrected chi connectivity index (χ3v) is 5.59. The van der Waals surface area contributed by atoms with Gasteiger partial charge >= 0.3 is 11.9 Å². The third-order valence-electron chi connectivity index (χ3n) is 3.79. The summed E-state index contributed by atoms with van der Waals surface area (Å²) in [5, 5.41) is 11.3. The van der Waals surface area contributed by atoms with E-state index in [1.54, 1.807) is 6.92 Å². The minimum Gasteiger partial charge on any atom is -0.465 e. The van der Waals surface area contributed by atoms with Crippen LogP contribution in [0.5, 0.6) is 0 Å². The van der Waals surface area contributed by atoms with Crippen LogP contribution >= 0.6 is 0 Å². The Morgan fingerprint density at radius 3 is 2.34 bits per heavy atom. The first-order chi connectivity index (χ1) is 13.7. The van der Waals surface area contributed by atoms with Crippen molar-refractivity contribution in [1.82, 2.24) is 0 Å². The predicted molar refractivity (Wildman–Crippen MR) is 102 cm³/mol.